The summed E-state index contributed by atoms with van der Waals surface area (Å²) in [5, 5.41) is 0. The summed E-state index contributed by atoms with van der Waals surface area (Å²) in [5.41, 5.74) is 2.88. The Morgan fingerprint density at radius 3 is 2.61 bits per heavy atom. The van der Waals surface area contributed by atoms with Crippen molar-refractivity contribution < 1.29 is 9.53 Å². The highest BCUT2D eigenvalue weighted by molar-refractivity contribution is 6.01. The number of hydrogen-bond donors (Lipinski definition) is 0. The molecule has 0 radical (unpaired) electrons. The fourth-order valence-corrected chi connectivity index (χ4v) is 2.29. The molecular weight excluding hydrogens is 224 g/mol. The van der Waals surface area contributed by atoms with Crippen LogP contribution < -0.4 is 4.74 Å². The van der Waals surface area contributed by atoms with Gasteiger partial charge < -0.3 is 4.74 Å². The fraction of sp³-hybridized carbons (Fsp3) is 0.188. The highest BCUT2D eigenvalue weighted by Crippen LogP contribution is 2.31. The minimum Gasteiger partial charge on any atom is -0.489 e. The SMILES string of the molecule is CC1CC(=O)c2cc(-c3ccccc3)ccc2O1. The number of hydrogen-bond acceptors (Lipinski definition) is 2. The maximum Gasteiger partial charge on any atom is 0.170 e. The van der Waals surface area contributed by atoms with E-state index >= 15 is 0 Å². The highest BCUT2D eigenvalue weighted by atomic mass is 16.5. The predicted octanol–water partition coefficient (Wildman–Crippen LogP) is 3.71. The van der Waals surface area contributed by atoms with Crippen LogP contribution in [0.15, 0.2) is 48.5 Å². The number of ketones is 1. The zero-order valence-corrected chi connectivity index (χ0v) is 10.2. The molecule has 90 valence electrons. The van der Waals surface area contributed by atoms with Gasteiger partial charge in [0.1, 0.15) is 11.9 Å². The second-order valence-corrected chi connectivity index (χ2v) is 4.63. The van der Waals surface area contributed by atoms with E-state index < -0.39 is 0 Å². The van der Waals surface area contributed by atoms with E-state index in [2.05, 4.69) is 0 Å². The summed E-state index contributed by atoms with van der Waals surface area (Å²) in [6.45, 7) is 1.92. The molecule has 18 heavy (non-hydrogen) atoms. The molecule has 2 aromatic carbocycles. The molecule has 0 amide bonds. The summed E-state index contributed by atoms with van der Waals surface area (Å²) in [6, 6.07) is 15.9. The van der Waals surface area contributed by atoms with Gasteiger partial charge in [0, 0.05) is 6.42 Å². The first-order valence-electron chi connectivity index (χ1n) is 6.13. The molecular formula is C16H14O2. The minimum atomic E-state index is -0.0208. The predicted molar refractivity (Wildman–Crippen MR) is 70.9 cm³/mol. The fourth-order valence-electron chi connectivity index (χ4n) is 2.29. The molecule has 1 aliphatic heterocycles. The monoisotopic (exact) mass is 238 g/mol. The smallest absolute Gasteiger partial charge is 0.170 e. The molecule has 3 rings (SSSR count). The number of rotatable bonds is 1. The van der Waals surface area contributed by atoms with E-state index in [4.69, 9.17) is 4.74 Å². The van der Waals surface area contributed by atoms with Crippen molar-refractivity contribution in [3.63, 3.8) is 0 Å². The molecule has 2 aromatic rings. The lowest BCUT2D eigenvalue weighted by Gasteiger charge is -2.22. The number of carbonyl (C=O) groups is 1. The van der Waals surface area contributed by atoms with Crippen LogP contribution in [0.1, 0.15) is 23.7 Å². The minimum absolute atomic E-state index is 0.0208. The largest absolute Gasteiger partial charge is 0.489 e. The van der Waals surface area contributed by atoms with Crippen molar-refractivity contribution >= 4 is 5.78 Å². The van der Waals surface area contributed by atoms with Crippen molar-refractivity contribution in [1.29, 1.82) is 0 Å². The van der Waals surface area contributed by atoms with Gasteiger partial charge in [0.15, 0.2) is 5.78 Å². The van der Waals surface area contributed by atoms with Crippen molar-refractivity contribution in [2.24, 2.45) is 0 Å². The highest BCUT2D eigenvalue weighted by Gasteiger charge is 2.23. The lowest BCUT2D eigenvalue weighted by Crippen LogP contribution is -2.23. The second kappa shape index (κ2) is 4.30. The molecule has 2 nitrogen and oxygen atoms in total. The number of benzene rings is 2. The first-order chi connectivity index (χ1) is 8.74. The third kappa shape index (κ3) is 1.90. The van der Waals surface area contributed by atoms with Gasteiger partial charge in [-0.25, -0.2) is 0 Å². The van der Waals surface area contributed by atoms with E-state index in [-0.39, 0.29) is 11.9 Å². The van der Waals surface area contributed by atoms with E-state index in [1.54, 1.807) is 0 Å². The number of carbonyl (C=O) groups excluding carboxylic acids is 1. The molecule has 2 heteroatoms. The third-order valence-electron chi connectivity index (χ3n) is 3.19. The van der Waals surface area contributed by atoms with Crippen LogP contribution in [0.5, 0.6) is 5.75 Å². The molecule has 0 saturated heterocycles. The summed E-state index contributed by atoms with van der Waals surface area (Å²) >= 11 is 0. The Labute approximate surface area is 106 Å². The first-order valence-corrected chi connectivity index (χ1v) is 6.13. The topological polar surface area (TPSA) is 26.3 Å². The summed E-state index contributed by atoms with van der Waals surface area (Å²) in [7, 11) is 0. The molecule has 1 unspecified atom stereocenters. The molecule has 0 N–H and O–H groups in total. The molecule has 1 heterocycles. The van der Waals surface area contributed by atoms with Gasteiger partial charge in [-0.2, -0.15) is 0 Å². The quantitative estimate of drug-likeness (QED) is 0.757. The summed E-state index contributed by atoms with van der Waals surface area (Å²) in [5.74, 6) is 0.875. The van der Waals surface area contributed by atoms with Crippen LogP contribution in [0.2, 0.25) is 0 Å². The maximum absolute atomic E-state index is 12.0. The summed E-state index contributed by atoms with van der Waals surface area (Å²) in [6.07, 6.45) is 0.443. The Balaban J connectivity index is 2.06. The van der Waals surface area contributed by atoms with E-state index in [0.29, 0.717) is 17.7 Å². The van der Waals surface area contributed by atoms with Crippen LogP contribution in [-0.4, -0.2) is 11.9 Å². The lowest BCUT2D eigenvalue weighted by atomic mass is 9.96. The van der Waals surface area contributed by atoms with Crippen molar-refractivity contribution in [3.05, 3.63) is 54.1 Å². The molecule has 0 fully saturated rings. The van der Waals surface area contributed by atoms with Crippen molar-refractivity contribution in [2.45, 2.75) is 19.4 Å². The van der Waals surface area contributed by atoms with Crippen molar-refractivity contribution in [2.75, 3.05) is 0 Å². The van der Waals surface area contributed by atoms with Crippen molar-refractivity contribution in [3.8, 4) is 16.9 Å². The van der Waals surface area contributed by atoms with Crippen LogP contribution in [0.4, 0.5) is 0 Å². The lowest BCUT2D eigenvalue weighted by molar-refractivity contribution is 0.0871. The summed E-state index contributed by atoms with van der Waals surface area (Å²) < 4.78 is 5.67. The van der Waals surface area contributed by atoms with Crippen molar-refractivity contribution in [1.82, 2.24) is 0 Å². The van der Waals surface area contributed by atoms with Gasteiger partial charge in [0.2, 0.25) is 0 Å². The molecule has 0 bridgehead atoms. The van der Waals surface area contributed by atoms with Gasteiger partial charge in [-0.15, -0.1) is 0 Å². The molecule has 1 aliphatic rings. The second-order valence-electron chi connectivity index (χ2n) is 4.63. The van der Waals surface area contributed by atoms with Gasteiger partial charge in [0.05, 0.1) is 5.56 Å². The van der Waals surface area contributed by atoms with E-state index in [1.807, 2.05) is 55.5 Å². The average molecular weight is 238 g/mol. The van der Waals surface area contributed by atoms with Gasteiger partial charge in [-0.1, -0.05) is 36.4 Å². The van der Waals surface area contributed by atoms with E-state index in [1.165, 1.54) is 0 Å². The standard InChI is InChI=1S/C16H14O2/c1-11-9-15(17)14-10-13(7-8-16(14)18-11)12-5-3-2-4-6-12/h2-8,10-11H,9H2,1H3. The normalized spacial score (nSPS) is 18.1. The van der Waals surface area contributed by atoms with Gasteiger partial charge in [-0.3, -0.25) is 4.79 Å². The summed E-state index contributed by atoms with van der Waals surface area (Å²) in [4.78, 5) is 12.0. The van der Waals surface area contributed by atoms with E-state index in [9.17, 15) is 4.79 Å². The Morgan fingerprint density at radius 1 is 1.06 bits per heavy atom. The van der Waals surface area contributed by atoms with Gasteiger partial charge in [0.25, 0.3) is 0 Å². The molecule has 0 aliphatic carbocycles. The van der Waals surface area contributed by atoms with Crippen LogP contribution in [0.3, 0.4) is 0 Å². The Kier molecular flexibility index (Phi) is 2.63. The molecule has 1 atom stereocenters. The first kappa shape index (κ1) is 11.0. The number of fused-ring (bicyclic) bond motifs is 1. The Morgan fingerprint density at radius 2 is 1.83 bits per heavy atom. The van der Waals surface area contributed by atoms with Crippen LogP contribution in [0, 0.1) is 0 Å². The average Bonchev–Trinajstić information content (AvgIpc) is 2.39. The van der Waals surface area contributed by atoms with Crippen LogP contribution in [-0.2, 0) is 0 Å². The molecule has 0 aromatic heterocycles. The Bertz CT molecular complexity index is 587. The van der Waals surface area contributed by atoms with Gasteiger partial charge in [-0.05, 0) is 30.2 Å². The van der Waals surface area contributed by atoms with Gasteiger partial charge >= 0.3 is 0 Å². The maximum atomic E-state index is 12.0. The van der Waals surface area contributed by atoms with E-state index in [0.717, 1.165) is 11.1 Å². The number of Topliss-reactive ketones (excluding diaryl/α,β-unsaturated/α-hetero) is 1. The third-order valence-corrected chi connectivity index (χ3v) is 3.19. The molecule has 0 spiro atoms. The van der Waals surface area contributed by atoms with Crippen LogP contribution in [0.25, 0.3) is 11.1 Å². The van der Waals surface area contributed by atoms with Crippen LogP contribution >= 0.6 is 0 Å². The zero-order chi connectivity index (χ0) is 12.5. The zero-order valence-electron chi connectivity index (χ0n) is 10.2. The Hall–Kier alpha value is -2.09. The number of ether oxygens (including phenoxy) is 1. The molecule has 0 saturated carbocycles.